The fourth-order valence-corrected chi connectivity index (χ4v) is 2.79. The second-order valence-corrected chi connectivity index (χ2v) is 5.89. The molecule has 128 valence electrons. The van der Waals surface area contributed by atoms with Crippen LogP contribution in [0, 0.1) is 5.92 Å². The molecule has 0 saturated carbocycles. The second-order valence-electron chi connectivity index (χ2n) is 5.89. The molecule has 2 N–H and O–H groups in total. The van der Waals surface area contributed by atoms with Crippen LogP contribution in [0.1, 0.15) is 31.4 Å². The maximum atomic E-state index is 12.5. The van der Waals surface area contributed by atoms with Crippen LogP contribution in [0.3, 0.4) is 0 Å². The summed E-state index contributed by atoms with van der Waals surface area (Å²) in [5.74, 6) is -0.842. The highest BCUT2D eigenvalue weighted by Gasteiger charge is 2.44. The molecule has 0 bridgehead atoms. The van der Waals surface area contributed by atoms with Crippen LogP contribution in [0.5, 0.6) is 0 Å². The first-order valence-electron chi connectivity index (χ1n) is 7.64. The van der Waals surface area contributed by atoms with Gasteiger partial charge in [0.15, 0.2) is 6.10 Å². The van der Waals surface area contributed by atoms with E-state index in [1.54, 1.807) is 0 Å². The molecule has 0 spiro atoms. The summed E-state index contributed by atoms with van der Waals surface area (Å²) in [7, 11) is 0. The highest BCUT2D eigenvalue weighted by Crippen LogP contribution is 2.31. The molecule has 23 heavy (non-hydrogen) atoms. The number of nitrogens with one attached hydrogen (secondary N) is 1. The summed E-state index contributed by atoms with van der Waals surface area (Å²) in [6, 6.07) is 8.97. The molecule has 1 heterocycles. The highest BCUT2D eigenvalue weighted by atomic mass is 19.4. The molecular weight excluding hydrogens is 309 g/mol. The van der Waals surface area contributed by atoms with Crippen molar-refractivity contribution >= 4 is 6.03 Å². The Morgan fingerprint density at radius 1 is 1.26 bits per heavy atom. The number of urea groups is 1. The first kappa shape index (κ1) is 17.6. The topological polar surface area (TPSA) is 52.6 Å². The van der Waals surface area contributed by atoms with Crippen molar-refractivity contribution in [3.63, 3.8) is 0 Å². The van der Waals surface area contributed by atoms with Crippen molar-refractivity contribution in [2.45, 2.75) is 38.1 Å². The van der Waals surface area contributed by atoms with Gasteiger partial charge < -0.3 is 15.3 Å². The first-order chi connectivity index (χ1) is 10.8. The monoisotopic (exact) mass is 330 g/mol. The number of hydrogen-bond donors (Lipinski definition) is 2. The van der Waals surface area contributed by atoms with E-state index in [9.17, 15) is 23.1 Å². The van der Waals surface area contributed by atoms with E-state index in [1.165, 1.54) is 4.90 Å². The van der Waals surface area contributed by atoms with E-state index < -0.39 is 18.2 Å². The number of aliphatic hydroxyl groups excluding tert-OH is 1. The number of aliphatic hydroxyl groups is 1. The van der Waals surface area contributed by atoms with Crippen LogP contribution in [0.15, 0.2) is 30.3 Å². The third-order valence-corrected chi connectivity index (χ3v) is 4.25. The van der Waals surface area contributed by atoms with Crippen molar-refractivity contribution in [3.8, 4) is 0 Å². The summed E-state index contributed by atoms with van der Waals surface area (Å²) in [6.45, 7) is 2.28. The van der Waals surface area contributed by atoms with Crippen LogP contribution in [0.25, 0.3) is 0 Å². The molecule has 1 aliphatic rings. The predicted octanol–water partition coefficient (Wildman–Crippen LogP) is 3.09. The number of carbonyl (C=O) groups excluding carboxylic acids is 1. The normalized spacial score (nSPS) is 19.3. The van der Waals surface area contributed by atoms with Crippen LogP contribution in [0.2, 0.25) is 0 Å². The number of amides is 2. The fraction of sp³-hybridized carbons (Fsp3) is 0.562. The minimum absolute atomic E-state index is 0.147. The molecule has 7 heteroatoms. The van der Waals surface area contributed by atoms with Crippen molar-refractivity contribution in [1.82, 2.24) is 10.2 Å². The summed E-state index contributed by atoms with van der Waals surface area (Å²) in [5, 5.41) is 12.1. The lowest BCUT2D eigenvalue weighted by Crippen LogP contribution is -2.48. The molecule has 1 aromatic carbocycles. The van der Waals surface area contributed by atoms with Crippen LogP contribution in [0.4, 0.5) is 18.0 Å². The van der Waals surface area contributed by atoms with Crippen molar-refractivity contribution in [3.05, 3.63) is 35.9 Å². The Morgan fingerprint density at radius 2 is 1.83 bits per heavy atom. The van der Waals surface area contributed by atoms with Crippen molar-refractivity contribution in [2.24, 2.45) is 5.92 Å². The lowest BCUT2D eigenvalue weighted by molar-refractivity contribution is -0.222. The zero-order chi connectivity index (χ0) is 17.0. The summed E-state index contributed by atoms with van der Waals surface area (Å²) in [6.07, 6.45) is -6.62. The molecule has 0 aliphatic carbocycles. The van der Waals surface area contributed by atoms with Gasteiger partial charge in [-0.05, 0) is 31.2 Å². The molecule has 0 radical (unpaired) electrons. The van der Waals surface area contributed by atoms with Crippen molar-refractivity contribution in [1.29, 1.82) is 0 Å². The number of rotatable bonds is 3. The Hall–Kier alpha value is -1.76. The largest absolute Gasteiger partial charge is 0.414 e. The minimum atomic E-state index is -4.60. The predicted molar refractivity (Wildman–Crippen MR) is 79.7 cm³/mol. The third kappa shape index (κ3) is 4.60. The Morgan fingerprint density at radius 3 is 2.35 bits per heavy atom. The number of benzene rings is 1. The molecule has 2 amide bonds. The highest BCUT2D eigenvalue weighted by molar-refractivity contribution is 5.74. The van der Waals surface area contributed by atoms with E-state index in [4.69, 9.17) is 0 Å². The first-order valence-corrected chi connectivity index (χ1v) is 7.64. The van der Waals surface area contributed by atoms with Crippen LogP contribution in [-0.4, -0.2) is 41.4 Å². The van der Waals surface area contributed by atoms with Gasteiger partial charge in [0.05, 0.1) is 6.04 Å². The molecule has 1 aromatic rings. The second kappa shape index (κ2) is 7.21. The van der Waals surface area contributed by atoms with Gasteiger partial charge in [-0.3, -0.25) is 0 Å². The number of likely N-dealkylation sites (tertiary alicyclic amines) is 1. The zero-order valence-electron chi connectivity index (χ0n) is 12.9. The summed E-state index contributed by atoms with van der Waals surface area (Å²) in [4.78, 5) is 13.7. The Balaban J connectivity index is 1.84. The molecule has 0 aromatic heterocycles. The minimum Gasteiger partial charge on any atom is -0.383 e. The van der Waals surface area contributed by atoms with Gasteiger partial charge >= 0.3 is 12.2 Å². The van der Waals surface area contributed by atoms with Gasteiger partial charge in [0.1, 0.15) is 0 Å². The van der Waals surface area contributed by atoms with Crippen LogP contribution >= 0.6 is 0 Å². The number of nitrogens with zero attached hydrogens (tertiary/aromatic N) is 1. The van der Waals surface area contributed by atoms with E-state index in [0.717, 1.165) is 5.56 Å². The number of hydrogen-bond acceptors (Lipinski definition) is 2. The van der Waals surface area contributed by atoms with Crippen molar-refractivity contribution in [2.75, 3.05) is 13.1 Å². The SMILES string of the molecule is CC(NC(=O)N1CCC(C(O)C(F)(F)F)CC1)c1ccccc1. The molecule has 1 fully saturated rings. The molecule has 2 atom stereocenters. The van der Waals surface area contributed by atoms with Gasteiger partial charge in [-0.25, -0.2) is 4.79 Å². The molecule has 1 saturated heterocycles. The number of halogens is 3. The van der Waals surface area contributed by atoms with Crippen molar-refractivity contribution < 1.29 is 23.1 Å². The summed E-state index contributed by atoms with van der Waals surface area (Å²) < 4.78 is 37.5. The van der Waals surface area contributed by atoms with Gasteiger partial charge in [0.25, 0.3) is 0 Å². The molecule has 1 aliphatic heterocycles. The van der Waals surface area contributed by atoms with E-state index in [-0.39, 0.29) is 38.0 Å². The Bertz CT molecular complexity index is 514. The lowest BCUT2D eigenvalue weighted by Gasteiger charge is -2.35. The maximum absolute atomic E-state index is 12.5. The van der Waals surface area contributed by atoms with Gasteiger partial charge in [-0.2, -0.15) is 13.2 Å². The van der Waals surface area contributed by atoms with E-state index in [2.05, 4.69) is 5.32 Å². The average molecular weight is 330 g/mol. The average Bonchev–Trinajstić information content (AvgIpc) is 2.54. The smallest absolute Gasteiger partial charge is 0.383 e. The maximum Gasteiger partial charge on any atom is 0.414 e. The van der Waals surface area contributed by atoms with Crippen LogP contribution in [-0.2, 0) is 0 Å². The van der Waals surface area contributed by atoms with Gasteiger partial charge in [0.2, 0.25) is 0 Å². The van der Waals surface area contributed by atoms with Gasteiger partial charge in [-0.1, -0.05) is 30.3 Å². The number of piperidine rings is 1. The van der Waals surface area contributed by atoms with Crippen LogP contribution < -0.4 is 5.32 Å². The number of carbonyl (C=O) groups is 1. The zero-order valence-corrected chi connectivity index (χ0v) is 12.9. The van der Waals surface area contributed by atoms with E-state index in [0.29, 0.717) is 0 Å². The van der Waals surface area contributed by atoms with Gasteiger partial charge in [-0.15, -0.1) is 0 Å². The standard InChI is InChI=1S/C16H21F3N2O2/c1-11(12-5-3-2-4-6-12)20-15(23)21-9-7-13(8-10-21)14(22)16(17,18)19/h2-6,11,13-14,22H,7-10H2,1H3,(H,20,23). The molecule has 4 nitrogen and oxygen atoms in total. The molecule has 2 rings (SSSR count). The third-order valence-electron chi connectivity index (χ3n) is 4.25. The Kier molecular flexibility index (Phi) is 5.51. The van der Waals surface area contributed by atoms with E-state index >= 15 is 0 Å². The lowest BCUT2D eigenvalue weighted by atomic mass is 9.91. The Labute approximate surface area is 133 Å². The van der Waals surface area contributed by atoms with E-state index in [1.807, 2.05) is 37.3 Å². The summed E-state index contributed by atoms with van der Waals surface area (Å²) in [5.41, 5.74) is 0.961. The number of alkyl halides is 3. The quantitative estimate of drug-likeness (QED) is 0.895. The molecule has 2 unspecified atom stereocenters. The van der Waals surface area contributed by atoms with Gasteiger partial charge in [0, 0.05) is 13.1 Å². The molecular formula is C16H21F3N2O2. The summed E-state index contributed by atoms with van der Waals surface area (Å²) >= 11 is 0. The fourth-order valence-electron chi connectivity index (χ4n) is 2.79.